The van der Waals surface area contributed by atoms with Gasteiger partial charge in [-0.3, -0.25) is 0 Å². The second-order valence-corrected chi connectivity index (χ2v) is 5.51. The number of benzene rings is 1. The topological polar surface area (TPSA) is 77.3 Å². The molecule has 0 saturated heterocycles. The van der Waals surface area contributed by atoms with Crippen molar-refractivity contribution >= 4 is 17.0 Å². The summed E-state index contributed by atoms with van der Waals surface area (Å²) in [5, 5.41) is 12.1. The predicted octanol–water partition coefficient (Wildman–Crippen LogP) is 2.17. The van der Waals surface area contributed by atoms with Gasteiger partial charge >= 0.3 is 11.7 Å². The second kappa shape index (κ2) is 4.63. The highest BCUT2D eigenvalue weighted by Crippen LogP contribution is 2.16. The molecule has 6 heteroatoms. The van der Waals surface area contributed by atoms with E-state index in [1.54, 1.807) is 32.9 Å². The van der Waals surface area contributed by atoms with E-state index in [2.05, 4.69) is 0 Å². The maximum absolute atomic E-state index is 12.3. The quantitative estimate of drug-likeness (QED) is 0.590. The number of carbonyl (C=O) groups is 1. The molecule has 6 nitrogen and oxygen atoms in total. The number of aromatic nitrogens is 2. The van der Waals surface area contributed by atoms with Gasteiger partial charge in [-0.15, -0.1) is 0 Å². The first kappa shape index (κ1) is 14.0. The van der Waals surface area contributed by atoms with E-state index in [0.717, 1.165) is 0 Å². The summed E-state index contributed by atoms with van der Waals surface area (Å²) < 4.78 is 6.20. The average Bonchev–Trinajstić information content (AvgIpc) is 2.34. The summed E-state index contributed by atoms with van der Waals surface area (Å²) in [7, 11) is 0. The molecule has 0 fully saturated rings. The van der Waals surface area contributed by atoms with Gasteiger partial charge in [0.05, 0.1) is 10.1 Å². The summed E-state index contributed by atoms with van der Waals surface area (Å²) in [6.07, 6.45) is 0. The van der Waals surface area contributed by atoms with Crippen molar-refractivity contribution < 1.29 is 14.0 Å². The first-order valence-electron chi connectivity index (χ1n) is 6.20. The van der Waals surface area contributed by atoms with E-state index in [0.29, 0.717) is 9.16 Å². The van der Waals surface area contributed by atoms with Gasteiger partial charge in [0.2, 0.25) is 0 Å². The fourth-order valence-corrected chi connectivity index (χ4v) is 1.91. The molecule has 0 atom stereocenters. The van der Waals surface area contributed by atoms with E-state index in [4.69, 9.17) is 4.74 Å². The van der Waals surface area contributed by atoms with Crippen LogP contribution in [0.1, 0.15) is 37.0 Å². The maximum Gasteiger partial charge on any atom is 0.411 e. The van der Waals surface area contributed by atoms with E-state index in [9.17, 15) is 14.9 Å². The van der Waals surface area contributed by atoms with Gasteiger partial charge in [0.1, 0.15) is 11.1 Å². The van der Waals surface area contributed by atoms with Crippen molar-refractivity contribution in [1.29, 1.82) is 0 Å². The molecule has 0 aliphatic carbocycles. The third-order valence-corrected chi connectivity index (χ3v) is 2.76. The highest BCUT2D eigenvalue weighted by atomic mass is 16.6. The minimum Gasteiger partial charge on any atom is -0.805 e. The fourth-order valence-electron chi connectivity index (χ4n) is 1.91. The van der Waals surface area contributed by atoms with E-state index < -0.39 is 11.6 Å². The maximum atomic E-state index is 12.3. The molecule has 1 aromatic heterocycles. The molecule has 106 valence electrons. The number of hydrogen-bond acceptors (Lipinski definition) is 4. The van der Waals surface area contributed by atoms with Crippen molar-refractivity contribution in [2.75, 3.05) is 0 Å². The minimum absolute atomic E-state index is 0.0212. The van der Waals surface area contributed by atoms with Crippen molar-refractivity contribution in [1.82, 2.24) is 4.73 Å². The molecule has 1 aromatic carbocycles. The summed E-state index contributed by atoms with van der Waals surface area (Å²) in [5.74, 6) is -0.805. The molecule has 2 rings (SSSR count). The Bertz CT molecular complexity index is 741. The smallest absolute Gasteiger partial charge is 0.411 e. The number of carbonyl (C=O) groups excluding carboxylic acids is 1. The van der Waals surface area contributed by atoms with Gasteiger partial charge in [-0.25, -0.2) is 4.79 Å². The molecular weight excluding hydrogens is 260 g/mol. The number of fused-ring (bicyclic) bond motifs is 1. The third-order valence-electron chi connectivity index (χ3n) is 2.76. The molecular formula is C14H16N2O4. The lowest BCUT2D eigenvalue weighted by molar-refractivity contribution is -0.469. The largest absolute Gasteiger partial charge is 0.805 e. The molecule has 0 N–H and O–H groups in total. The summed E-state index contributed by atoms with van der Waals surface area (Å²) in [6, 6.07) is 6.31. The second-order valence-electron chi connectivity index (χ2n) is 5.51. The van der Waals surface area contributed by atoms with Crippen molar-refractivity contribution in [3.05, 3.63) is 45.8 Å². The van der Waals surface area contributed by atoms with Crippen molar-refractivity contribution in [2.45, 2.75) is 33.3 Å². The lowest BCUT2D eigenvalue weighted by atomic mass is 10.2. The Balaban J connectivity index is 2.72. The van der Waals surface area contributed by atoms with Gasteiger partial charge in [0, 0.05) is 11.0 Å². The van der Waals surface area contributed by atoms with Crippen LogP contribution < -0.4 is 4.43 Å². The number of para-hydroxylation sites is 2. The zero-order valence-corrected chi connectivity index (χ0v) is 11.8. The lowest BCUT2D eigenvalue weighted by Crippen LogP contribution is -2.34. The highest BCUT2D eigenvalue weighted by molar-refractivity contribution is 5.88. The SMILES string of the molecule is Cc1c(C(=O)OC(C)(C)C)[n+](=O)c2ccccc2n1[O-]. The number of hydrogen-bond donors (Lipinski definition) is 0. The Hall–Kier alpha value is -2.37. The zero-order valence-electron chi connectivity index (χ0n) is 11.8. The summed E-state index contributed by atoms with van der Waals surface area (Å²) in [6.45, 7) is 6.51. The summed E-state index contributed by atoms with van der Waals surface area (Å²) in [4.78, 5) is 24.4. The van der Waals surface area contributed by atoms with Crippen LogP contribution in [0.2, 0.25) is 0 Å². The van der Waals surface area contributed by atoms with Crippen LogP contribution in [0.3, 0.4) is 0 Å². The van der Waals surface area contributed by atoms with Gasteiger partial charge in [0.15, 0.2) is 0 Å². The van der Waals surface area contributed by atoms with E-state index in [1.807, 2.05) is 0 Å². The predicted molar refractivity (Wildman–Crippen MR) is 74.0 cm³/mol. The van der Waals surface area contributed by atoms with Gasteiger partial charge in [-0.05, 0) is 33.8 Å². The first-order chi connectivity index (χ1) is 9.22. The molecule has 1 heterocycles. The molecule has 0 aliphatic heterocycles. The van der Waals surface area contributed by atoms with Crippen LogP contribution in [-0.2, 0) is 4.74 Å². The molecule has 0 saturated carbocycles. The zero-order chi connectivity index (χ0) is 15.1. The van der Waals surface area contributed by atoms with Crippen LogP contribution in [0.25, 0.3) is 11.0 Å². The molecule has 0 aliphatic rings. The van der Waals surface area contributed by atoms with Crippen molar-refractivity contribution in [2.24, 2.45) is 0 Å². The normalized spacial score (nSPS) is 11.6. The first-order valence-corrected chi connectivity index (χ1v) is 6.20. The molecule has 0 spiro atoms. The Kier molecular flexibility index (Phi) is 3.25. The van der Waals surface area contributed by atoms with Crippen LogP contribution in [0, 0.1) is 17.0 Å². The number of esters is 1. The van der Waals surface area contributed by atoms with Gasteiger partial charge in [-0.2, -0.15) is 0 Å². The van der Waals surface area contributed by atoms with Crippen molar-refractivity contribution in [3.8, 4) is 0 Å². The monoisotopic (exact) mass is 276 g/mol. The Labute approximate surface area is 115 Å². The Morgan fingerprint density at radius 2 is 1.90 bits per heavy atom. The minimum atomic E-state index is -0.805. The number of nitrogens with zero attached hydrogens (tertiary/aromatic N) is 2. The van der Waals surface area contributed by atoms with E-state index >= 15 is 0 Å². The molecule has 2 aromatic rings. The Morgan fingerprint density at radius 3 is 2.50 bits per heavy atom. The number of rotatable bonds is 1. The number of ether oxygens (including phenoxy) is 1. The lowest BCUT2D eigenvalue weighted by Gasteiger charge is -2.20. The van der Waals surface area contributed by atoms with Gasteiger partial charge in [0.25, 0.3) is 5.52 Å². The standard InChI is InChI=1S/C14H16N2O4/c1-9-12(13(17)20-14(2,3)4)16(19)11-8-6-5-7-10(11)15(9)18/h5-8H,1-4H3. The third kappa shape index (κ3) is 2.36. The fraction of sp³-hybridized carbons (Fsp3) is 0.357. The Morgan fingerprint density at radius 1 is 1.30 bits per heavy atom. The van der Waals surface area contributed by atoms with Crippen LogP contribution in [0.5, 0.6) is 0 Å². The summed E-state index contributed by atoms with van der Waals surface area (Å²) >= 11 is 0. The molecule has 20 heavy (non-hydrogen) atoms. The average molecular weight is 276 g/mol. The van der Waals surface area contributed by atoms with Gasteiger partial charge in [-0.1, -0.05) is 12.1 Å². The van der Waals surface area contributed by atoms with Crippen molar-refractivity contribution in [3.63, 3.8) is 0 Å². The summed E-state index contributed by atoms with van der Waals surface area (Å²) in [5.41, 5.74) is -0.654. The molecule has 0 radical (unpaired) electrons. The van der Waals surface area contributed by atoms with Gasteiger partial charge < -0.3 is 14.7 Å². The molecule has 0 bridgehead atoms. The highest BCUT2D eigenvalue weighted by Gasteiger charge is 2.31. The van der Waals surface area contributed by atoms with Crippen LogP contribution >= 0.6 is 0 Å². The molecule has 0 unspecified atom stereocenters. The van der Waals surface area contributed by atoms with E-state index in [1.165, 1.54) is 19.1 Å². The van der Waals surface area contributed by atoms with E-state index in [-0.39, 0.29) is 22.4 Å². The molecule has 0 amide bonds. The van der Waals surface area contributed by atoms with Crippen LogP contribution in [-0.4, -0.2) is 16.3 Å². The van der Waals surface area contributed by atoms with Crippen LogP contribution in [0.15, 0.2) is 24.3 Å². The van der Waals surface area contributed by atoms with Crippen LogP contribution in [0.4, 0.5) is 0 Å².